The fraction of sp³-hybridized carbons (Fsp3) is 0.258. The molecule has 0 aliphatic heterocycles. The highest BCUT2D eigenvalue weighted by Crippen LogP contribution is 2.62. The SMILES string of the molecule is CC1(C)[C@H]2Cc3nc(-c4ccccc4C4c5ccccc5-c5ccccc54)ccc3[C@@H]1C2. The molecule has 1 aromatic heterocycles. The van der Waals surface area contributed by atoms with Gasteiger partial charge in [0.05, 0.1) is 5.69 Å². The van der Waals surface area contributed by atoms with Crippen LogP contribution in [0.5, 0.6) is 0 Å². The van der Waals surface area contributed by atoms with E-state index >= 15 is 0 Å². The highest BCUT2D eigenvalue weighted by Gasteiger charge is 2.52. The lowest BCUT2D eigenvalue weighted by atomic mass is 9.48. The number of aromatic nitrogens is 1. The van der Waals surface area contributed by atoms with Gasteiger partial charge in [0, 0.05) is 17.2 Å². The van der Waals surface area contributed by atoms with Crippen molar-refractivity contribution < 1.29 is 0 Å². The maximum absolute atomic E-state index is 5.27. The Labute approximate surface area is 190 Å². The van der Waals surface area contributed by atoms with Crippen molar-refractivity contribution in [3.8, 4) is 22.4 Å². The smallest absolute Gasteiger partial charge is 0.0708 e. The predicted molar refractivity (Wildman–Crippen MR) is 131 cm³/mol. The molecule has 156 valence electrons. The predicted octanol–water partition coefficient (Wildman–Crippen LogP) is 7.60. The number of hydrogen-bond acceptors (Lipinski definition) is 1. The molecule has 0 saturated heterocycles. The first kappa shape index (κ1) is 18.4. The molecule has 1 nitrogen and oxygen atoms in total. The molecule has 4 aromatic rings. The van der Waals surface area contributed by atoms with Crippen molar-refractivity contribution in [3.05, 3.63) is 113 Å². The summed E-state index contributed by atoms with van der Waals surface area (Å²) >= 11 is 0. The number of pyridine rings is 1. The molecule has 1 fully saturated rings. The third-order valence-electron chi connectivity index (χ3n) is 8.68. The second-order valence-corrected chi connectivity index (χ2v) is 10.4. The zero-order valence-corrected chi connectivity index (χ0v) is 18.7. The number of nitrogens with zero attached hydrogens (tertiary/aromatic N) is 1. The Hall–Kier alpha value is -3.19. The Kier molecular flexibility index (Phi) is 3.69. The van der Waals surface area contributed by atoms with Gasteiger partial charge in [0.15, 0.2) is 0 Å². The number of hydrogen-bond donors (Lipinski definition) is 0. The Morgan fingerprint density at radius 1 is 0.656 bits per heavy atom. The fourth-order valence-electron chi connectivity index (χ4n) is 6.74. The average Bonchev–Trinajstić information content (AvgIpc) is 3.17. The molecule has 32 heavy (non-hydrogen) atoms. The third-order valence-corrected chi connectivity index (χ3v) is 8.68. The maximum atomic E-state index is 5.27. The summed E-state index contributed by atoms with van der Waals surface area (Å²) < 4.78 is 0. The van der Waals surface area contributed by atoms with Crippen LogP contribution in [0.15, 0.2) is 84.9 Å². The second-order valence-electron chi connectivity index (χ2n) is 10.4. The molecule has 8 rings (SSSR count). The monoisotopic (exact) mass is 413 g/mol. The van der Waals surface area contributed by atoms with Crippen LogP contribution in [0.3, 0.4) is 0 Å². The summed E-state index contributed by atoms with van der Waals surface area (Å²) in [4.78, 5) is 5.27. The molecule has 1 saturated carbocycles. The number of fused-ring (bicyclic) bond motifs is 3. The first-order valence-corrected chi connectivity index (χ1v) is 11.9. The van der Waals surface area contributed by atoms with Crippen molar-refractivity contribution in [3.63, 3.8) is 0 Å². The lowest BCUT2D eigenvalue weighted by molar-refractivity contribution is 0.0170. The maximum Gasteiger partial charge on any atom is 0.0708 e. The zero-order valence-electron chi connectivity index (χ0n) is 18.7. The zero-order chi connectivity index (χ0) is 21.4. The van der Waals surface area contributed by atoms with Gasteiger partial charge in [0.2, 0.25) is 0 Å². The largest absolute Gasteiger partial charge is 0.253 e. The van der Waals surface area contributed by atoms with Gasteiger partial charge < -0.3 is 0 Å². The normalized spacial score (nSPS) is 21.9. The van der Waals surface area contributed by atoms with Crippen molar-refractivity contribution in [2.45, 2.75) is 38.5 Å². The fourth-order valence-corrected chi connectivity index (χ4v) is 6.74. The molecule has 0 radical (unpaired) electrons. The van der Waals surface area contributed by atoms with E-state index in [9.17, 15) is 0 Å². The summed E-state index contributed by atoms with van der Waals surface area (Å²) in [5.74, 6) is 1.72. The van der Waals surface area contributed by atoms with Crippen LogP contribution in [-0.4, -0.2) is 4.98 Å². The van der Waals surface area contributed by atoms with Crippen molar-refractivity contribution in [1.82, 2.24) is 4.98 Å². The van der Waals surface area contributed by atoms with Gasteiger partial charge in [-0.15, -0.1) is 0 Å². The summed E-state index contributed by atoms with van der Waals surface area (Å²) in [6.45, 7) is 4.87. The first-order valence-electron chi connectivity index (χ1n) is 11.9. The van der Waals surface area contributed by atoms with E-state index in [1.807, 2.05) is 0 Å². The summed E-state index contributed by atoms with van der Waals surface area (Å²) in [5.41, 5.74) is 12.6. The van der Waals surface area contributed by atoms with Gasteiger partial charge in [0.25, 0.3) is 0 Å². The minimum Gasteiger partial charge on any atom is -0.253 e. The van der Waals surface area contributed by atoms with E-state index in [0.717, 1.165) is 18.0 Å². The number of benzene rings is 3. The summed E-state index contributed by atoms with van der Waals surface area (Å²) in [5, 5.41) is 0. The molecule has 0 N–H and O–H groups in total. The van der Waals surface area contributed by atoms with Crippen molar-refractivity contribution in [2.24, 2.45) is 11.3 Å². The molecule has 1 heterocycles. The minimum atomic E-state index is 0.253. The van der Waals surface area contributed by atoms with Crippen molar-refractivity contribution in [1.29, 1.82) is 0 Å². The van der Waals surface area contributed by atoms with Crippen LogP contribution in [0.2, 0.25) is 0 Å². The average molecular weight is 414 g/mol. The van der Waals surface area contributed by atoms with E-state index in [1.165, 1.54) is 51.1 Å². The quantitative estimate of drug-likeness (QED) is 0.290. The molecule has 2 bridgehead atoms. The van der Waals surface area contributed by atoms with E-state index in [4.69, 9.17) is 4.98 Å². The highest BCUT2D eigenvalue weighted by atomic mass is 14.8. The molecule has 0 unspecified atom stereocenters. The van der Waals surface area contributed by atoms with Gasteiger partial charge in [-0.1, -0.05) is 92.7 Å². The summed E-state index contributed by atoms with van der Waals surface area (Å²) in [6, 6.07) is 31.4. The number of rotatable bonds is 2. The van der Waals surface area contributed by atoms with Gasteiger partial charge in [0.1, 0.15) is 0 Å². The Morgan fingerprint density at radius 2 is 1.22 bits per heavy atom. The van der Waals surface area contributed by atoms with E-state index in [0.29, 0.717) is 11.3 Å². The summed E-state index contributed by atoms with van der Waals surface area (Å²) in [6.07, 6.45) is 2.47. The Morgan fingerprint density at radius 3 is 1.84 bits per heavy atom. The standard InChI is InChI=1S/C31H27N/c1-31(2)19-17-27(31)26-15-16-28(32-29(26)18-19)22-11-5-8-14-25(22)30-23-12-6-3-9-20(23)21-10-4-7-13-24(21)30/h3-16,19,27,30H,17-18H2,1-2H3/t19-,27+/m1/s1. The Balaban J connectivity index is 1.38. The molecule has 0 amide bonds. The highest BCUT2D eigenvalue weighted by molar-refractivity contribution is 5.82. The third kappa shape index (κ3) is 2.37. The van der Waals surface area contributed by atoms with Crippen molar-refractivity contribution >= 4 is 0 Å². The summed E-state index contributed by atoms with van der Waals surface area (Å²) in [7, 11) is 0. The molecular weight excluding hydrogens is 386 g/mol. The lowest BCUT2D eigenvalue weighted by Gasteiger charge is -2.56. The molecule has 0 spiro atoms. The molecule has 4 aliphatic rings. The molecule has 4 aliphatic carbocycles. The van der Waals surface area contributed by atoms with Crippen LogP contribution in [0.25, 0.3) is 22.4 Å². The van der Waals surface area contributed by atoms with Crippen LogP contribution >= 0.6 is 0 Å². The van der Waals surface area contributed by atoms with E-state index < -0.39 is 0 Å². The van der Waals surface area contributed by atoms with Crippen LogP contribution in [0, 0.1) is 11.3 Å². The van der Waals surface area contributed by atoms with Gasteiger partial charge in [-0.2, -0.15) is 0 Å². The molecule has 2 atom stereocenters. The van der Waals surface area contributed by atoms with Crippen LogP contribution < -0.4 is 0 Å². The van der Waals surface area contributed by atoms with Gasteiger partial charge in [-0.05, 0) is 69.5 Å². The van der Waals surface area contributed by atoms with E-state index in [2.05, 4.69) is 98.8 Å². The van der Waals surface area contributed by atoms with Crippen LogP contribution in [0.1, 0.15) is 60.1 Å². The van der Waals surface area contributed by atoms with Gasteiger partial charge >= 0.3 is 0 Å². The van der Waals surface area contributed by atoms with Gasteiger partial charge in [-0.3, -0.25) is 4.98 Å². The lowest BCUT2D eigenvalue weighted by Crippen LogP contribution is -2.48. The van der Waals surface area contributed by atoms with Crippen LogP contribution in [0.4, 0.5) is 0 Å². The van der Waals surface area contributed by atoms with Gasteiger partial charge in [-0.25, -0.2) is 0 Å². The van der Waals surface area contributed by atoms with Crippen molar-refractivity contribution in [2.75, 3.05) is 0 Å². The molecular formula is C31H27N. The minimum absolute atomic E-state index is 0.253. The molecule has 3 aromatic carbocycles. The van der Waals surface area contributed by atoms with E-state index in [-0.39, 0.29) is 5.92 Å². The molecule has 1 heteroatoms. The van der Waals surface area contributed by atoms with E-state index in [1.54, 1.807) is 0 Å². The first-order chi connectivity index (χ1) is 15.6. The second kappa shape index (κ2) is 6.42. The topological polar surface area (TPSA) is 12.9 Å². The van der Waals surface area contributed by atoms with Crippen LogP contribution in [-0.2, 0) is 6.42 Å². The Bertz CT molecular complexity index is 1330.